The standard InChI is InChI=1S/C24H21F2N3O5/c1-14-2-6-19(27-21(14)15-3-7-20(31)29(13-15)10-11-30)28-22(32)23(8-9-23)16-4-5-17-18(12-16)34-24(25,26)33-17/h2-7,12-13,30H,8-11H2,1H3,(H,27,28,32). The van der Waals surface area contributed by atoms with Crippen molar-refractivity contribution in [1.29, 1.82) is 0 Å². The van der Waals surface area contributed by atoms with E-state index in [2.05, 4.69) is 19.8 Å². The van der Waals surface area contributed by atoms with Gasteiger partial charge in [-0.3, -0.25) is 9.59 Å². The first-order chi connectivity index (χ1) is 16.2. The zero-order valence-corrected chi connectivity index (χ0v) is 18.2. The number of halogens is 2. The van der Waals surface area contributed by atoms with E-state index in [1.54, 1.807) is 24.4 Å². The highest BCUT2D eigenvalue weighted by Gasteiger charge is 2.53. The topological polar surface area (TPSA) is 103 Å². The molecule has 1 aliphatic carbocycles. The van der Waals surface area contributed by atoms with Gasteiger partial charge in [-0.15, -0.1) is 8.78 Å². The van der Waals surface area contributed by atoms with Gasteiger partial charge in [-0.05, 0) is 55.2 Å². The molecule has 0 saturated heterocycles. The smallest absolute Gasteiger partial charge is 0.395 e. The number of alkyl halides is 2. The lowest BCUT2D eigenvalue weighted by atomic mass is 9.94. The van der Waals surface area contributed by atoms with E-state index < -0.39 is 11.7 Å². The average Bonchev–Trinajstić information content (AvgIpc) is 3.54. The van der Waals surface area contributed by atoms with E-state index in [-0.39, 0.29) is 36.1 Å². The molecule has 1 saturated carbocycles. The summed E-state index contributed by atoms with van der Waals surface area (Å²) >= 11 is 0. The van der Waals surface area contributed by atoms with Crippen LogP contribution in [0.25, 0.3) is 11.3 Å². The molecule has 0 atom stereocenters. The van der Waals surface area contributed by atoms with Crippen molar-refractivity contribution in [2.45, 2.75) is 38.0 Å². The van der Waals surface area contributed by atoms with Gasteiger partial charge < -0.3 is 24.5 Å². The zero-order valence-electron chi connectivity index (χ0n) is 18.2. The van der Waals surface area contributed by atoms with Crippen molar-refractivity contribution in [2.75, 3.05) is 11.9 Å². The molecule has 0 radical (unpaired) electrons. The fourth-order valence-electron chi connectivity index (χ4n) is 4.10. The Labute approximate surface area is 192 Å². The van der Waals surface area contributed by atoms with Crippen LogP contribution in [0.2, 0.25) is 0 Å². The van der Waals surface area contributed by atoms with Crippen LogP contribution in [-0.2, 0) is 16.8 Å². The third-order valence-electron chi connectivity index (χ3n) is 6.07. The highest BCUT2D eigenvalue weighted by Crippen LogP contribution is 2.52. The molecular weight excluding hydrogens is 448 g/mol. The number of amides is 1. The highest BCUT2D eigenvalue weighted by atomic mass is 19.3. The number of benzene rings is 1. The number of aromatic nitrogens is 2. The Morgan fingerprint density at radius 2 is 1.91 bits per heavy atom. The van der Waals surface area contributed by atoms with Gasteiger partial charge in [0.25, 0.3) is 5.56 Å². The predicted octanol–water partition coefficient (Wildman–Crippen LogP) is 3.20. The highest BCUT2D eigenvalue weighted by molar-refractivity contribution is 6.01. The van der Waals surface area contributed by atoms with Crippen LogP contribution in [0, 0.1) is 6.92 Å². The Bertz CT molecular complexity index is 1350. The van der Waals surface area contributed by atoms with Crippen molar-refractivity contribution in [3.05, 3.63) is 70.1 Å². The Hall–Kier alpha value is -3.79. The number of aliphatic hydroxyl groups excluding tert-OH is 1. The summed E-state index contributed by atoms with van der Waals surface area (Å²) in [6.45, 7) is 1.85. The monoisotopic (exact) mass is 469 g/mol. The third kappa shape index (κ3) is 3.90. The minimum Gasteiger partial charge on any atom is -0.395 e. The predicted molar refractivity (Wildman–Crippen MR) is 118 cm³/mol. The molecule has 1 fully saturated rings. The van der Waals surface area contributed by atoms with Gasteiger partial charge in [-0.2, -0.15) is 0 Å². The lowest BCUT2D eigenvalue weighted by molar-refractivity contribution is -0.286. The molecule has 1 aliphatic heterocycles. The third-order valence-corrected chi connectivity index (χ3v) is 6.07. The van der Waals surface area contributed by atoms with E-state index in [0.29, 0.717) is 35.5 Å². The normalized spacial score (nSPS) is 16.8. The average molecular weight is 469 g/mol. The summed E-state index contributed by atoms with van der Waals surface area (Å²) in [6.07, 6.45) is -0.995. The zero-order chi connectivity index (χ0) is 24.1. The second kappa shape index (κ2) is 7.91. The summed E-state index contributed by atoms with van der Waals surface area (Å²) in [5.41, 5.74) is 1.55. The van der Waals surface area contributed by atoms with Gasteiger partial charge in [0.2, 0.25) is 5.91 Å². The summed E-state index contributed by atoms with van der Waals surface area (Å²) in [4.78, 5) is 29.7. The van der Waals surface area contributed by atoms with E-state index in [1.807, 2.05) is 13.0 Å². The molecule has 5 rings (SSSR count). The molecule has 8 nitrogen and oxygen atoms in total. The molecule has 2 N–H and O–H groups in total. The molecule has 0 bridgehead atoms. The van der Waals surface area contributed by atoms with Crippen LogP contribution in [0.5, 0.6) is 11.5 Å². The number of rotatable bonds is 6. The quantitative estimate of drug-likeness (QED) is 0.575. The van der Waals surface area contributed by atoms with Crippen LogP contribution in [0.4, 0.5) is 14.6 Å². The van der Waals surface area contributed by atoms with Gasteiger partial charge in [0, 0.05) is 24.4 Å². The number of fused-ring (bicyclic) bond motifs is 1. The molecule has 3 aromatic rings. The molecule has 10 heteroatoms. The maximum absolute atomic E-state index is 13.4. The van der Waals surface area contributed by atoms with Crippen LogP contribution in [0.3, 0.4) is 0 Å². The first-order valence-corrected chi connectivity index (χ1v) is 10.7. The van der Waals surface area contributed by atoms with Gasteiger partial charge in [0.15, 0.2) is 11.5 Å². The number of pyridine rings is 2. The first-order valence-electron chi connectivity index (χ1n) is 10.7. The number of nitrogens with one attached hydrogen (secondary N) is 1. The molecular formula is C24H21F2N3O5. The van der Waals surface area contributed by atoms with E-state index in [9.17, 15) is 23.5 Å². The van der Waals surface area contributed by atoms with Crippen LogP contribution < -0.4 is 20.3 Å². The number of carbonyl (C=O) groups excluding carboxylic acids is 1. The SMILES string of the molecule is Cc1ccc(NC(=O)C2(c3ccc4c(c3)OC(F)(F)O4)CC2)nc1-c1ccc(=O)n(CCO)c1. The number of anilines is 1. The van der Waals surface area contributed by atoms with Crippen molar-refractivity contribution in [3.8, 4) is 22.8 Å². The fraction of sp³-hybridized carbons (Fsp3) is 0.292. The Kier molecular flexibility index (Phi) is 5.12. The van der Waals surface area contributed by atoms with Crippen LogP contribution in [0.15, 0.2) is 53.5 Å². The van der Waals surface area contributed by atoms with E-state index in [4.69, 9.17) is 0 Å². The maximum atomic E-state index is 13.4. The molecule has 1 aromatic carbocycles. The number of nitrogens with zero attached hydrogens (tertiary/aromatic N) is 2. The van der Waals surface area contributed by atoms with Crippen LogP contribution in [0.1, 0.15) is 24.0 Å². The van der Waals surface area contributed by atoms with E-state index in [0.717, 1.165) is 5.56 Å². The van der Waals surface area contributed by atoms with E-state index in [1.165, 1.54) is 22.8 Å². The first kappa shape index (κ1) is 22.0. The van der Waals surface area contributed by atoms with Gasteiger partial charge >= 0.3 is 6.29 Å². The largest absolute Gasteiger partial charge is 0.586 e. The number of aryl methyl sites for hydroxylation is 1. The van der Waals surface area contributed by atoms with Gasteiger partial charge in [0.1, 0.15) is 5.82 Å². The lowest BCUT2D eigenvalue weighted by Gasteiger charge is -2.17. The van der Waals surface area contributed by atoms with Crippen molar-refractivity contribution < 1.29 is 28.2 Å². The summed E-state index contributed by atoms with van der Waals surface area (Å²) in [7, 11) is 0. The summed E-state index contributed by atoms with van der Waals surface area (Å²) in [5.74, 6) is -0.151. The molecule has 3 heterocycles. The minimum absolute atomic E-state index is 0.0719. The van der Waals surface area contributed by atoms with Crippen molar-refractivity contribution in [2.24, 2.45) is 0 Å². The van der Waals surface area contributed by atoms with Crippen molar-refractivity contribution in [3.63, 3.8) is 0 Å². The van der Waals surface area contributed by atoms with Gasteiger partial charge in [-0.1, -0.05) is 12.1 Å². The summed E-state index contributed by atoms with van der Waals surface area (Å²) in [5, 5.41) is 12.0. The Balaban J connectivity index is 1.40. The second-order valence-electron chi connectivity index (χ2n) is 8.40. The van der Waals surface area contributed by atoms with Crippen LogP contribution >= 0.6 is 0 Å². The minimum atomic E-state index is -3.72. The summed E-state index contributed by atoms with van der Waals surface area (Å²) in [6, 6.07) is 10.9. The molecule has 34 heavy (non-hydrogen) atoms. The number of hydrogen-bond acceptors (Lipinski definition) is 6. The number of ether oxygens (including phenoxy) is 2. The number of hydrogen-bond donors (Lipinski definition) is 2. The van der Waals surface area contributed by atoms with Crippen molar-refractivity contribution in [1.82, 2.24) is 9.55 Å². The number of aliphatic hydroxyl groups is 1. The molecule has 0 unspecified atom stereocenters. The van der Waals surface area contributed by atoms with Gasteiger partial charge in [0.05, 0.1) is 17.7 Å². The molecule has 176 valence electrons. The second-order valence-corrected chi connectivity index (χ2v) is 8.40. The van der Waals surface area contributed by atoms with Crippen LogP contribution in [-0.4, -0.2) is 33.5 Å². The van der Waals surface area contributed by atoms with Gasteiger partial charge in [-0.25, -0.2) is 4.98 Å². The molecule has 1 amide bonds. The fourth-order valence-corrected chi connectivity index (χ4v) is 4.10. The molecule has 2 aromatic heterocycles. The van der Waals surface area contributed by atoms with E-state index >= 15 is 0 Å². The maximum Gasteiger partial charge on any atom is 0.586 e. The lowest BCUT2D eigenvalue weighted by Crippen LogP contribution is -2.28. The van der Waals surface area contributed by atoms with Crippen molar-refractivity contribution >= 4 is 11.7 Å². The Morgan fingerprint density at radius 3 is 2.65 bits per heavy atom. The molecule has 2 aliphatic rings. The number of carbonyl (C=O) groups is 1. The Morgan fingerprint density at radius 1 is 1.15 bits per heavy atom. The molecule has 0 spiro atoms. The summed E-state index contributed by atoms with van der Waals surface area (Å²) < 4.78 is 37.1.